The maximum Gasteiger partial charge on any atom is 0.134 e. The predicted octanol–water partition coefficient (Wildman–Crippen LogP) is 3.37. The van der Waals surface area contributed by atoms with Crippen LogP contribution in [-0.4, -0.2) is 11.1 Å². The average Bonchev–Trinajstić information content (AvgIpc) is 2.20. The van der Waals surface area contributed by atoms with Gasteiger partial charge in [0.25, 0.3) is 0 Å². The summed E-state index contributed by atoms with van der Waals surface area (Å²) in [5.41, 5.74) is 3.81. The van der Waals surface area contributed by atoms with Crippen LogP contribution < -0.4 is 0 Å². The summed E-state index contributed by atoms with van der Waals surface area (Å²) in [5, 5.41) is 0. The summed E-state index contributed by atoms with van der Waals surface area (Å²) in [6.07, 6.45) is 0.951. The van der Waals surface area contributed by atoms with E-state index in [4.69, 9.17) is 0 Å². The Labute approximate surface area is 93.7 Å². The van der Waals surface area contributed by atoms with E-state index in [1.54, 1.807) is 0 Å². The third-order valence-corrected chi connectivity index (χ3v) is 3.75. The first-order chi connectivity index (χ1) is 6.57. The van der Waals surface area contributed by atoms with Crippen LogP contribution in [0.3, 0.4) is 0 Å². The van der Waals surface area contributed by atoms with Crippen LogP contribution >= 0.6 is 15.9 Å². The molecule has 0 bridgehead atoms. The van der Waals surface area contributed by atoms with Crippen molar-refractivity contribution in [3.05, 3.63) is 34.9 Å². The topological polar surface area (TPSA) is 17.1 Å². The van der Waals surface area contributed by atoms with E-state index < -0.39 is 0 Å². The monoisotopic (exact) mass is 254 g/mol. The Balaban J connectivity index is 3.06. The molecule has 0 radical (unpaired) electrons. The van der Waals surface area contributed by atoms with E-state index in [0.717, 1.165) is 6.29 Å². The summed E-state index contributed by atoms with van der Waals surface area (Å²) >= 11 is 3.37. The molecule has 76 valence electrons. The first-order valence-electron chi connectivity index (χ1n) is 4.73. The smallest absolute Gasteiger partial charge is 0.134 e. The van der Waals surface area contributed by atoms with Gasteiger partial charge in [0.05, 0.1) is 4.83 Å². The lowest BCUT2D eigenvalue weighted by atomic mass is 9.92. The molecule has 0 aliphatic rings. The van der Waals surface area contributed by atoms with E-state index in [0.29, 0.717) is 0 Å². The normalized spacial score (nSPS) is 14.9. The van der Waals surface area contributed by atoms with E-state index in [1.165, 1.54) is 16.7 Å². The molecular formula is C12H15BrO. The highest BCUT2D eigenvalue weighted by Crippen LogP contribution is 2.27. The van der Waals surface area contributed by atoms with Crippen molar-refractivity contribution in [3.63, 3.8) is 0 Å². The average molecular weight is 255 g/mol. The molecule has 1 aromatic carbocycles. The lowest BCUT2D eigenvalue weighted by Crippen LogP contribution is -2.11. The van der Waals surface area contributed by atoms with Crippen molar-refractivity contribution in [3.8, 4) is 0 Å². The molecule has 1 nitrogen and oxygen atoms in total. The Morgan fingerprint density at radius 2 is 2.00 bits per heavy atom. The van der Waals surface area contributed by atoms with Crippen molar-refractivity contribution < 1.29 is 4.79 Å². The summed E-state index contributed by atoms with van der Waals surface area (Å²) in [6.45, 7) is 6.26. The molecule has 2 atom stereocenters. The van der Waals surface area contributed by atoms with Gasteiger partial charge in [0.15, 0.2) is 0 Å². The van der Waals surface area contributed by atoms with Crippen LogP contribution in [0.4, 0.5) is 0 Å². The van der Waals surface area contributed by atoms with Gasteiger partial charge in [0.1, 0.15) is 6.29 Å². The molecule has 0 spiro atoms. The number of carbonyl (C=O) groups is 1. The molecule has 0 unspecified atom stereocenters. The minimum Gasteiger partial charge on any atom is -0.302 e. The van der Waals surface area contributed by atoms with Crippen LogP contribution in [0.5, 0.6) is 0 Å². The van der Waals surface area contributed by atoms with Gasteiger partial charge in [-0.3, -0.25) is 0 Å². The van der Waals surface area contributed by atoms with Crippen LogP contribution in [0, 0.1) is 13.8 Å². The fraction of sp³-hybridized carbons (Fsp3) is 0.417. The minimum atomic E-state index is -0.0944. The molecule has 0 amide bonds. The van der Waals surface area contributed by atoms with E-state index in [9.17, 15) is 4.79 Å². The molecule has 0 heterocycles. The summed E-state index contributed by atoms with van der Waals surface area (Å²) in [6, 6.07) is 6.22. The van der Waals surface area contributed by atoms with E-state index in [1.807, 2.05) is 6.07 Å². The standard InChI is InChI=1S/C12H15BrO/c1-8-5-4-6-11(9(8)2)10(3)12(13)7-14/h4-7,10,12H,1-3H3/t10-,12-/m0/s1. The largest absolute Gasteiger partial charge is 0.302 e. The number of aldehydes is 1. The zero-order chi connectivity index (χ0) is 10.7. The molecule has 0 aromatic heterocycles. The third-order valence-electron chi connectivity index (χ3n) is 2.74. The predicted molar refractivity (Wildman–Crippen MR) is 63.1 cm³/mol. The van der Waals surface area contributed by atoms with Crippen LogP contribution in [0.15, 0.2) is 18.2 Å². The van der Waals surface area contributed by atoms with Gasteiger partial charge in [-0.2, -0.15) is 0 Å². The number of hydrogen-bond donors (Lipinski definition) is 0. The van der Waals surface area contributed by atoms with Crippen molar-refractivity contribution in [2.24, 2.45) is 0 Å². The zero-order valence-corrected chi connectivity index (χ0v) is 10.3. The van der Waals surface area contributed by atoms with Gasteiger partial charge in [0.2, 0.25) is 0 Å². The number of alkyl halides is 1. The number of benzene rings is 1. The molecule has 0 aliphatic heterocycles. The summed E-state index contributed by atoms with van der Waals surface area (Å²) < 4.78 is 0. The fourth-order valence-electron chi connectivity index (χ4n) is 1.56. The Kier molecular flexibility index (Phi) is 3.87. The Bertz CT molecular complexity index is 333. The molecular weight excluding hydrogens is 240 g/mol. The SMILES string of the molecule is Cc1cccc([C@H](C)[C@@H](Br)C=O)c1C. The van der Waals surface area contributed by atoms with Crippen molar-refractivity contribution in [2.45, 2.75) is 31.5 Å². The second kappa shape index (κ2) is 4.74. The first kappa shape index (κ1) is 11.4. The quantitative estimate of drug-likeness (QED) is 0.597. The van der Waals surface area contributed by atoms with Crippen molar-refractivity contribution in [1.82, 2.24) is 0 Å². The molecule has 0 fully saturated rings. The molecule has 0 aliphatic carbocycles. The molecule has 1 rings (SSSR count). The van der Waals surface area contributed by atoms with Gasteiger partial charge in [-0.25, -0.2) is 0 Å². The second-order valence-electron chi connectivity index (χ2n) is 3.66. The van der Waals surface area contributed by atoms with Crippen molar-refractivity contribution in [2.75, 3.05) is 0 Å². The Hall–Kier alpha value is -0.630. The highest BCUT2D eigenvalue weighted by atomic mass is 79.9. The highest BCUT2D eigenvalue weighted by molar-refractivity contribution is 9.10. The van der Waals surface area contributed by atoms with Crippen LogP contribution in [-0.2, 0) is 4.79 Å². The lowest BCUT2D eigenvalue weighted by Gasteiger charge is -2.17. The van der Waals surface area contributed by atoms with Crippen LogP contribution in [0.25, 0.3) is 0 Å². The third kappa shape index (κ3) is 2.24. The summed E-state index contributed by atoms with van der Waals surface area (Å²) in [4.78, 5) is 10.6. The molecule has 14 heavy (non-hydrogen) atoms. The maximum atomic E-state index is 10.7. The molecule has 0 saturated heterocycles. The molecule has 0 saturated carbocycles. The first-order valence-corrected chi connectivity index (χ1v) is 5.65. The number of hydrogen-bond acceptors (Lipinski definition) is 1. The van der Waals surface area contributed by atoms with E-state index in [-0.39, 0.29) is 10.7 Å². The number of rotatable bonds is 3. The van der Waals surface area contributed by atoms with Crippen LogP contribution in [0.1, 0.15) is 29.5 Å². The zero-order valence-electron chi connectivity index (χ0n) is 8.75. The molecule has 0 N–H and O–H groups in total. The van der Waals surface area contributed by atoms with Gasteiger partial charge in [-0.15, -0.1) is 0 Å². The van der Waals surface area contributed by atoms with E-state index >= 15 is 0 Å². The van der Waals surface area contributed by atoms with Crippen molar-refractivity contribution >= 4 is 22.2 Å². The Morgan fingerprint density at radius 1 is 1.36 bits per heavy atom. The number of halogens is 1. The van der Waals surface area contributed by atoms with E-state index in [2.05, 4.69) is 48.8 Å². The van der Waals surface area contributed by atoms with Gasteiger partial charge in [-0.1, -0.05) is 41.1 Å². The summed E-state index contributed by atoms with van der Waals surface area (Å²) in [5.74, 6) is 0.229. The highest BCUT2D eigenvalue weighted by Gasteiger charge is 2.17. The number of carbonyl (C=O) groups excluding carboxylic acids is 1. The molecule has 1 aromatic rings. The fourth-order valence-corrected chi connectivity index (χ4v) is 1.84. The van der Waals surface area contributed by atoms with Crippen molar-refractivity contribution in [1.29, 1.82) is 0 Å². The van der Waals surface area contributed by atoms with Gasteiger partial charge in [0, 0.05) is 5.92 Å². The van der Waals surface area contributed by atoms with Crippen LogP contribution in [0.2, 0.25) is 0 Å². The minimum absolute atomic E-state index is 0.0944. The number of aryl methyl sites for hydroxylation is 1. The van der Waals surface area contributed by atoms with Gasteiger partial charge in [-0.05, 0) is 30.5 Å². The molecule has 2 heteroatoms. The Morgan fingerprint density at radius 3 is 2.57 bits per heavy atom. The maximum absolute atomic E-state index is 10.7. The second-order valence-corrected chi connectivity index (χ2v) is 4.72. The van der Waals surface area contributed by atoms with Gasteiger partial charge >= 0.3 is 0 Å². The lowest BCUT2D eigenvalue weighted by molar-refractivity contribution is -0.107. The van der Waals surface area contributed by atoms with Gasteiger partial charge < -0.3 is 4.79 Å². The summed E-state index contributed by atoms with van der Waals surface area (Å²) in [7, 11) is 0.